The summed E-state index contributed by atoms with van der Waals surface area (Å²) >= 11 is 0. The average Bonchev–Trinajstić information content (AvgIpc) is 3.04. The number of nitrogens with two attached hydrogens (primary N) is 1. The van der Waals surface area contributed by atoms with E-state index in [0.29, 0.717) is 41.6 Å². The summed E-state index contributed by atoms with van der Waals surface area (Å²) in [4.78, 5) is 26.8. The van der Waals surface area contributed by atoms with Crippen molar-refractivity contribution in [1.82, 2.24) is 19.9 Å². The van der Waals surface area contributed by atoms with Crippen molar-refractivity contribution in [3.8, 4) is 5.75 Å². The molecule has 0 unspecified atom stereocenters. The molecular formula is C16H17N5O3. The Balaban J connectivity index is 1.61. The minimum Gasteiger partial charge on any atom is -0.493 e. The van der Waals surface area contributed by atoms with Gasteiger partial charge >= 0.3 is 5.97 Å². The number of nitrogens with one attached hydrogen (secondary N) is 1. The van der Waals surface area contributed by atoms with E-state index in [2.05, 4.69) is 24.7 Å². The van der Waals surface area contributed by atoms with Crippen molar-refractivity contribution in [2.75, 3.05) is 19.5 Å². The number of carbonyl (C=O) groups excluding carboxylic acids is 1. The second kappa shape index (κ2) is 6.95. The van der Waals surface area contributed by atoms with E-state index in [9.17, 15) is 4.79 Å². The van der Waals surface area contributed by atoms with Gasteiger partial charge in [0.2, 0.25) is 0 Å². The van der Waals surface area contributed by atoms with E-state index >= 15 is 0 Å². The van der Waals surface area contributed by atoms with Crippen LogP contribution in [0.1, 0.15) is 11.4 Å². The number of imidazole rings is 1. The third-order valence-corrected chi connectivity index (χ3v) is 3.43. The molecule has 0 spiro atoms. The van der Waals surface area contributed by atoms with E-state index in [1.165, 1.54) is 13.4 Å². The van der Waals surface area contributed by atoms with Gasteiger partial charge in [0.1, 0.15) is 17.1 Å². The zero-order chi connectivity index (χ0) is 16.9. The lowest BCUT2D eigenvalue weighted by Crippen LogP contribution is -2.08. The normalized spacial score (nSPS) is 10.7. The third kappa shape index (κ3) is 3.60. The SMILES string of the molecule is COC(=O)Cc1cccc(OCCc2nc(N)c3[nH]cnc3n2)c1. The number of methoxy groups -OCH3 is 1. The molecule has 2 heterocycles. The number of ether oxygens (including phenoxy) is 2. The Hall–Kier alpha value is -3.16. The Labute approximate surface area is 138 Å². The average molecular weight is 327 g/mol. The maximum atomic E-state index is 11.3. The summed E-state index contributed by atoms with van der Waals surface area (Å²) < 4.78 is 10.4. The summed E-state index contributed by atoms with van der Waals surface area (Å²) in [7, 11) is 1.37. The van der Waals surface area contributed by atoms with Crippen LogP contribution in [0.3, 0.4) is 0 Å². The van der Waals surface area contributed by atoms with Crippen LogP contribution in [0.4, 0.5) is 5.82 Å². The molecule has 2 aromatic heterocycles. The molecule has 3 rings (SSSR count). The van der Waals surface area contributed by atoms with Gasteiger partial charge in [0.15, 0.2) is 11.5 Å². The summed E-state index contributed by atoms with van der Waals surface area (Å²) in [5, 5.41) is 0. The molecule has 0 aliphatic heterocycles. The summed E-state index contributed by atoms with van der Waals surface area (Å²) in [5.74, 6) is 1.32. The first kappa shape index (κ1) is 15.7. The summed E-state index contributed by atoms with van der Waals surface area (Å²) in [6.07, 6.45) is 2.24. The molecule has 24 heavy (non-hydrogen) atoms. The molecule has 0 bridgehead atoms. The lowest BCUT2D eigenvalue weighted by atomic mass is 10.1. The molecule has 3 N–H and O–H groups in total. The zero-order valence-electron chi connectivity index (χ0n) is 13.2. The number of esters is 1. The van der Waals surface area contributed by atoms with Crippen LogP contribution in [-0.4, -0.2) is 39.6 Å². The van der Waals surface area contributed by atoms with Gasteiger partial charge in [-0.15, -0.1) is 0 Å². The van der Waals surface area contributed by atoms with Gasteiger partial charge in [-0.3, -0.25) is 4.79 Å². The number of nitrogen functional groups attached to an aromatic ring is 1. The summed E-state index contributed by atoms with van der Waals surface area (Å²) in [5.41, 5.74) is 7.86. The molecule has 1 aromatic carbocycles. The fraction of sp³-hybridized carbons (Fsp3) is 0.250. The molecule has 0 saturated heterocycles. The van der Waals surface area contributed by atoms with Crippen molar-refractivity contribution in [3.05, 3.63) is 42.0 Å². The monoisotopic (exact) mass is 327 g/mol. The highest BCUT2D eigenvalue weighted by molar-refractivity contribution is 5.80. The van der Waals surface area contributed by atoms with E-state index in [1.807, 2.05) is 24.3 Å². The molecule has 0 saturated carbocycles. The van der Waals surface area contributed by atoms with Crippen molar-refractivity contribution in [3.63, 3.8) is 0 Å². The molecule has 124 valence electrons. The lowest BCUT2D eigenvalue weighted by Gasteiger charge is -2.08. The molecule has 0 aliphatic carbocycles. The predicted octanol–water partition coefficient (Wildman–Crippen LogP) is 1.27. The van der Waals surface area contributed by atoms with Gasteiger partial charge in [0.05, 0.1) is 26.5 Å². The van der Waals surface area contributed by atoms with Gasteiger partial charge in [-0.1, -0.05) is 12.1 Å². The number of anilines is 1. The number of carbonyl (C=O) groups is 1. The van der Waals surface area contributed by atoms with Gasteiger partial charge in [0.25, 0.3) is 0 Å². The molecule has 8 nitrogen and oxygen atoms in total. The summed E-state index contributed by atoms with van der Waals surface area (Å²) in [6.45, 7) is 0.386. The number of H-pyrrole nitrogens is 1. The second-order valence-electron chi connectivity index (χ2n) is 5.12. The van der Waals surface area contributed by atoms with Gasteiger partial charge in [-0.05, 0) is 17.7 Å². The first-order valence-electron chi connectivity index (χ1n) is 7.39. The van der Waals surface area contributed by atoms with Gasteiger partial charge in [0, 0.05) is 6.42 Å². The molecule has 0 radical (unpaired) electrons. The Morgan fingerprint density at radius 3 is 3.04 bits per heavy atom. The van der Waals surface area contributed by atoms with E-state index in [1.54, 1.807) is 0 Å². The van der Waals surface area contributed by atoms with E-state index in [4.69, 9.17) is 10.5 Å². The van der Waals surface area contributed by atoms with Gasteiger partial charge in [-0.2, -0.15) is 0 Å². The quantitative estimate of drug-likeness (QED) is 0.655. The fourth-order valence-corrected chi connectivity index (χ4v) is 2.26. The minimum atomic E-state index is -0.289. The molecular weight excluding hydrogens is 310 g/mol. The maximum Gasteiger partial charge on any atom is 0.309 e. The molecule has 0 fully saturated rings. The van der Waals surface area contributed by atoms with Crippen molar-refractivity contribution in [1.29, 1.82) is 0 Å². The topological polar surface area (TPSA) is 116 Å². The predicted molar refractivity (Wildman–Crippen MR) is 87.5 cm³/mol. The van der Waals surface area contributed by atoms with Crippen LogP contribution in [0.2, 0.25) is 0 Å². The first-order chi connectivity index (χ1) is 11.7. The van der Waals surface area contributed by atoms with Crippen LogP contribution in [0.15, 0.2) is 30.6 Å². The lowest BCUT2D eigenvalue weighted by molar-refractivity contribution is -0.139. The number of hydrogen-bond acceptors (Lipinski definition) is 7. The number of aromatic nitrogens is 4. The highest BCUT2D eigenvalue weighted by atomic mass is 16.5. The van der Waals surface area contributed by atoms with Gasteiger partial charge in [-0.25, -0.2) is 15.0 Å². The molecule has 8 heteroatoms. The number of nitrogens with zero attached hydrogens (tertiary/aromatic N) is 3. The Bertz CT molecular complexity index is 862. The smallest absolute Gasteiger partial charge is 0.309 e. The van der Waals surface area contributed by atoms with Crippen LogP contribution in [0, 0.1) is 0 Å². The number of hydrogen-bond donors (Lipinski definition) is 2. The standard InChI is InChI=1S/C16H17N5O3/c1-23-13(22)8-10-3-2-4-11(7-10)24-6-5-12-20-15(17)14-16(21-12)19-9-18-14/h2-4,7,9H,5-6,8H2,1H3,(H3,17,18,19,20,21). The number of rotatable bonds is 6. The minimum absolute atomic E-state index is 0.211. The van der Waals surface area contributed by atoms with Gasteiger partial charge < -0.3 is 20.2 Å². The first-order valence-corrected chi connectivity index (χ1v) is 7.39. The number of aromatic amines is 1. The van der Waals surface area contributed by atoms with E-state index in [-0.39, 0.29) is 12.4 Å². The Morgan fingerprint density at radius 2 is 2.21 bits per heavy atom. The van der Waals surface area contributed by atoms with Crippen LogP contribution < -0.4 is 10.5 Å². The highest BCUT2D eigenvalue weighted by Gasteiger charge is 2.08. The third-order valence-electron chi connectivity index (χ3n) is 3.43. The van der Waals surface area contributed by atoms with Crippen LogP contribution >= 0.6 is 0 Å². The van der Waals surface area contributed by atoms with E-state index in [0.717, 1.165) is 5.56 Å². The summed E-state index contributed by atoms with van der Waals surface area (Å²) in [6, 6.07) is 7.31. The van der Waals surface area contributed by atoms with E-state index < -0.39 is 0 Å². The van der Waals surface area contributed by atoms with Crippen molar-refractivity contribution < 1.29 is 14.3 Å². The highest BCUT2D eigenvalue weighted by Crippen LogP contribution is 2.16. The number of benzene rings is 1. The second-order valence-corrected chi connectivity index (χ2v) is 5.12. The Morgan fingerprint density at radius 1 is 1.33 bits per heavy atom. The van der Waals surface area contributed by atoms with Crippen molar-refractivity contribution in [2.45, 2.75) is 12.8 Å². The largest absolute Gasteiger partial charge is 0.493 e. The number of fused-ring (bicyclic) bond motifs is 1. The maximum absolute atomic E-state index is 11.3. The molecule has 0 amide bonds. The molecule has 0 aliphatic rings. The fourth-order valence-electron chi connectivity index (χ4n) is 2.26. The molecule has 0 atom stereocenters. The Kier molecular flexibility index (Phi) is 4.55. The van der Waals surface area contributed by atoms with Crippen molar-refractivity contribution >= 4 is 23.0 Å². The molecule has 3 aromatic rings. The van der Waals surface area contributed by atoms with Crippen LogP contribution in [0.25, 0.3) is 11.2 Å². The van der Waals surface area contributed by atoms with Crippen molar-refractivity contribution in [2.24, 2.45) is 0 Å². The van der Waals surface area contributed by atoms with Crippen LogP contribution in [-0.2, 0) is 22.4 Å². The zero-order valence-corrected chi connectivity index (χ0v) is 13.2. The van der Waals surface area contributed by atoms with Crippen LogP contribution in [0.5, 0.6) is 5.75 Å².